The summed E-state index contributed by atoms with van der Waals surface area (Å²) in [5.74, 6) is 0.00768. The highest BCUT2D eigenvalue weighted by molar-refractivity contribution is 6.44. The van der Waals surface area contributed by atoms with E-state index in [1.54, 1.807) is 22.9 Å². The molecule has 2 heterocycles. The highest BCUT2D eigenvalue weighted by Gasteiger charge is 2.36. The molecule has 0 aliphatic carbocycles. The maximum absolute atomic E-state index is 12.6. The molecule has 2 amide bonds. The predicted molar refractivity (Wildman–Crippen MR) is 114 cm³/mol. The molecule has 3 aromatic rings. The third-order valence-corrected chi connectivity index (χ3v) is 5.64. The summed E-state index contributed by atoms with van der Waals surface area (Å²) in [6.07, 6.45) is 0.637. The van der Waals surface area contributed by atoms with E-state index in [9.17, 15) is 9.59 Å². The summed E-state index contributed by atoms with van der Waals surface area (Å²) < 4.78 is 1.61. The number of amides is 2. The minimum absolute atomic E-state index is 0.0687. The van der Waals surface area contributed by atoms with Crippen LogP contribution in [0.5, 0.6) is 0 Å². The number of carbonyl (C=O) groups excluding carboxylic acids is 2. The van der Waals surface area contributed by atoms with E-state index in [0.29, 0.717) is 22.9 Å². The van der Waals surface area contributed by atoms with Gasteiger partial charge in [-0.1, -0.05) is 66.5 Å². The second-order valence-corrected chi connectivity index (χ2v) is 7.48. The van der Waals surface area contributed by atoms with Gasteiger partial charge < -0.3 is 10.6 Å². The maximum Gasteiger partial charge on any atom is 0.251 e. The van der Waals surface area contributed by atoms with E-state index in [2.05, 4.69) is 15.7 Å². The van der Waals surface area contributed by atoms with Gasteiger partial charge in [0.1, 0.15) is 11.9 Å². The van der Waals surface area contributed by atoms with E-state index >= 15 is 0 Å². The third kappa shape index (κ3) is 3.61. The van der Waals surface area contributed by atoms with Crippen LogP contribution >= 0.6 is 23.2 Å². The monoisotopic (exact) mass is 428 g/mol. The van der Waals surface area contributed by atoms with Crippen molar-refractivity contribution in [3.05, 3.63) is 64.3 Å². The minimum Gasteiger partial charge on any atom is -0.325 e. The first-order chi connectivity index (χ1) is 14.0. The van der Waals surface area contributed by atoms with Crippen molar-refractivity contribution in [2.75, 3.05) is 10.6 Å². The molecule has 6 nitrogen and oxygen atoms in total. The van der Waals surface area contributed by atoms with Crippen molar-refractivity contribution in [3.63, 3.8) is 0 Å². The van der Waals surface area contributed by atoms with Crippen LogP contribution < -0.4 is 10.6 Å². The van der Waals surface area contributed by atoms with Gasteiger partial charge in [-0.15, -0.1) is 0 Å². The number of aromatic nitrogens is 2. The number of benzene rings is 2. The maximum atomic E-state index is 12.6. The molecular formula is C21H18Cl2N4O2. The Kier molecular flexibility index (Phi) is 5.30. The lowest BCUT2D eigenvalue weighted by atomic mass is 10.0. The molecule has 8 heteroatoms. The molecule has 4 rings (SSSR count). The van der Waals surface area contributed by atoms with Crippen LogP contribution in [0, 0.1) is 0 Å². The molecule has 1 aromatic heterocycles. The van der Waals surface area contributed by atoms with E-state index in [-0.39, 0.29) is 23.3 Å². The van der Waals surface area contributed by atoms with Crippen molar-refractivity contribution in [3.8, 4) is 11.1 Å². The standard InChI is InChI=1S/C21H18Cl2N4O2/c1-2-14-18(12-7-4-3-5-8-12)20-25-21(29)16(27(20)26-14)11-17(28)24-15-10-6-9-13(22)19(15)23/h3-10,16H,2,11H2,1H3,(H,24,28)(H,25,29). The Morgan fingerprint density at radius 3 is 2.66 bits per heavy atom. The van der Waals surface area contributed by atoms with Crippen LogP contribution in [0.15, 0.2) is 48.5 Å². The number of nitrogens with one attached hydrogen (secondary N) is 2. The van der Waals surface area contributed by atoms with Gasteiger partial charge in [-0.3, -0.25) is 9.59 Å². The fourth-order valence-electron chi connectivity index (χ4n) is 3.45. The molecular weight excluding hydrogens is 411 g/mol. The number of fused-ring (bicyclic) bond motifs is 1. The molecule has 0 bridgehead atoms. The summed E-state index contributed by atoms with van der Waals surface area (Å²) in [5.41, 5.74) is 3.14. The van der Waals surface area contributed by atoms with Gasteiger partial charge in [0.2, 0.25) is 5.91 Å². The van der Waals surface area contributed by atoms with Crippen LogP contribution in [0.1, 0.15) is 25.1 Å². The largest absolute Gasteiger partial charge is 0.325 e. The van der Waals surface area contributed by atoms with Gasteiger partial charge in [0.05, 0.1) is 27.8 Å². The molecule has 2 aromatic carbocycles. The first-order valence-corrected chi connectivity index (χ1v) is 9.96. The number of halogens is 2. The molecule has 0 spiro atoms. The molecule has 0 saturated carbocycles. The molecule has 1 unspecified atom stereocenters. The van der Waals surface area contributed by atoms with Crippen LogP contribution in [0.2, 0.25) is 10.0 Å². The zero-order valence-corrected chi connectivity index (χ0v) is 17.1. The van der Waals surface area contributed by atoms with Gasteiger partial charge in [0, 0.05) is 5.56 Å². The molecule has 1 atom stereocenters. The molecule has 0 fully saturated rings. The third-order valence-electron chi connectivity index (χ3n) is 4.82. The van der Waals surface area contributed by atoms with Crippen molar-refractivity contribution >= 4 is 46.5 Å². The smallest absolute Gasteiger partial charge is 0.251 e. The zero-order chi connectivity index (χ0) is 20.5. The molecule has 0 saturated heterocycles. The average molecular weight is 429 g/mol. The first kappa shape index (κ1) is 19.5. The fourth-order valence-corrected chi connectivity index (χ4v) is 3.80. The van der Waals surface area contributed by atoms with Gasteiger partial charge in [0.15, 0.2) is 0 Å². The van der Waals surface area contributed by atoms with Crippen molar-refractivity contribution in [1.29, 1.82) is 0 Å². The summed E-state index contributed by atoms with van der Waals surface area (Å²) in [5, 5.41) is 10.8. The Hall–Kier alpha value is -2.83. The second-order valence-electron chi connectivity index (χ2n) is 6.69. The summed E-state index contributed by atoms with van der Waals surface area (Å²) in [6.45, 7) is 2.01. The van der Waals surface area contributed by atoms with Crippen molar-refractivity contribution < 1.29 is 9.59 Å². The fraction of sp³-hybridized carbons (Fsp3) is 0.190. The van der Waals surface area contributed by atoms with Crippen LogP contribution in [0.3, 0.4) is 0 Å². The Balaban J connectivity index is 1.61. The molecule has 2 N–H and O–H groups in total. The van der Waals surface area contributed by atoms with Gasteiger partial charge in [-0.2, -0.15) is 5.10 Å². The Morgan fingerprint density at radius 2 is 1.93 bits per heavy atom. The zero-order valence-electron chi connectivity index (χ0n) is 15.6. The van der Waals surface area contributed by atoms with Gasteiger partial charge in [-0.05, 0) is 24.1 Å². The molecule has 29 heavy (non-hydrogen) atoms. The van der Waals surface area contributed by atoms with Crippen LogP contribution in [-0.2, 0) is 16.0 Å². The second kappa shape index (κ2) is 7.89. The van der Waals surface area contributed by atoms with Gasteiger partial charge in [-0.25, -0.2) is 4.68 Å². The van der Waals surface area contributed by atoms with E-state index in [4.69, 9.17) is 23.2 Å². The lowest BCUT2D eigenvalue weighted by molar-refractivity contribution is -0.123. The number of carbonyl (C=O) groups is 2. The van der Waals surface area contributed by atoms with E-state index in [0.717, 1.165) is 16.8 Å². The van der Waals surface area contributed by atoms with Crippen molar-refractivity contribution in [1.82, 2.24) is 9.78 Å². The summed E-state index contributed by atoms with van der Waals surface area (Å²) in [7, 11) is 0. The topological polar surface area (TPSA) is 76.0 Å². The summed E-state index contributed by atoms with van der Waals surface area (Å²) in [4.78, 5) is 25.2. The molecule has 1 aliphatic rings. The molecule has 1 aliphatic heterocycles. The highest BCUT2D eigenvalue weighted by Crippen LogP contribution is 2.39. The van der Waals surface area contributed by atoms with Crippen LogP contribution in [-0.4, -0.2) is 21.6 Å². The van der Waals surface area contributed by atoms with E-state index < -0.39 is 6.04 Å². The van der Waals surface area contributed by atoms with Gasteiger partial charge in [0.25, 0.3) is 5.91 Å². The SMILES string of the molecule is CCc1nn2c(c1-c1ccccc1)NC(=O)C2CC(=O)Nc1cccc(Cl)c1Cl. The summed E-state index contributed by atoms with van der Waals surface area (Å²) in [6, 6.07) is 14.0. The number of hydrogen-bond donors (Lipinski definition) is 2. The Bertz CT molecular complexity index is 1100. The lowest BCUT2D eigenvalue weighted by Gasteiger charge is -2.11. The van der Waals surface area contributed by atoms with Gasteiger partial charge >= 0.3 is 0 Å². The van der Waals surface area contributed by atoms with Crippen molar-refractivity contribution in [2.45, 2.75) is 25.8 Å². The van der Waals surface area contributed by atoms with Crippen LogP contribution in [0.25, 0.3) is 11.1 Å². The average Bonchev–Trinajstić information content (AvgIpc) is 3.21. The number of hydrogen-bond acceptors (Lipinski definition) is 3. The first-order valence-electron chi connectivity index (χ1n) is 9.21. The molecule has 0 radical (unpaired) electrons. The quantitative estimate of drug-likeness (QED) is 0.603. The minimum atomic E-state index is -0.731. The molecule has 148 valence electrons. The number of nitrogens with zero attached hydrogens (tertiary/aromatic N) is 2. The normalized spacial score (nSPS) is 15.1. The van der Waals surface area contributed by atoms with Crippen molar-refractivity contribution in [2.24, 2.45) is 0 Å². The van der Waals surface area contributed by atoms with Crippen LogP contribution in [0.4, 0.5) is 11.5 Å². The van der Waals surface area contributed by atoms with E-state index in [1.165, 1.54) is 0 Å². The number of rotatable bonds is 5. The van der Waals surface area contributed by atoms with E-state index in [1.807, 2.05) is 37.3 Å². The highest BCUT2D eigenvalue weighted by atomic mass is 35.5. The predicted octanol–water partition coefficient (Wildman–Crippen LogP) is 4.94. The number of anilines is 2. The number of aryl methyl sites for hydroxylation is 1. The Morgan fingerprint density at radius 1 is 1.17 bits per heavy atom. The summed E-state index contributed by atoms with van der Waals surface area (Å²) >= 11 is 12.1. The Labute approximate surface area is 177 Å². The lowest BCUT2D eigenvalue weighted by Crippen LogP contribution is -2.24.